The molecule has 0 bridgehead atoms. The number of nitro groups is 1. The van der Waals surface area contributed by atoms with Crippen molar-refractivity contribution < 1.29 is 9.72 Å². The molecule has 1 fully saturated rings. The number of likely N-dealkylation sites (tertiary alicyclic amines) is 1. The zero-order valence-electron chi connectivity index (χ0n) is 16.1. The van der Waals surface area contributed by atoms with E-state index < -0.39 is 4.92 Å². The molecule has 0 radical (unpaired) electrons. The lowest BCUT2D eigenvalue weighted by atomic mass is 10.0. The van der Waals surface area contributed by atoms with Crippen LogP contribution in [0, 0.1) is 10.1 Å². The number of hydrogen-bond acceptors (Lipinski definition) is 4. The molecule has 6 heteroatoms. The summed E-state index contributed by atoms with van der Waals surface area (Å²) >= 11 is 0. The highest BCUT2D eigenvalue weighted by Crippen LogP contribution is 2.39. The van der Waals surface area contributed by atoms with Gasteiger partial charge in [0.05, 0.1) is 17.4 Å². The van der Waals surface area contributed by atoms with E-state index in [2.05, 4.69) is 23.1 Å². The van der Waals surface area contributed by atoms with Crippen LogP contribution >= 0.6 is 0 Å². The first-order valence-corrected chi connectivity index (χ1v) is 9.85. The van der Waals surface area contributed by atoms with Crippen LogP contribution in [0.4, 0.5) is 5.69 Å². The van der Waals surface area contributed by atoms with Crippen LogP contribution in [0.3, 0.4) is 0 Å². The van der Waals surface area contributed by atoms with Crippen LogP contribution in [0.1, 0.15) is 35.6 Å². The van der Waals surface area contributed by atoms with Crippen molar-refractivity contribution in [3.8, 4) is 0 Å². The third-order valence-electron chi connectivity index (χ3n) is 6.06. The number of nitrogens with zero attached hydrogens (tertiary/aromatic N) is 3. The quantitative estimate of drug-likeness (QED) is 0.590. The summed E-state index contributed by atoms with van der Waals surface area (Å²) in [6, 6.07) is 15.1. The van der Waals surface area contributed by atoms with Gasteiger partial charge in [0.1, 0.15) is 0 Å². The molecule has 0 spiro atoms. The molecule has 28 heavy (non-hydrogen) atoms. The minimum absolute atomic E-state index is 0.00796. The molecular formula is C22H25N3O3. The number of fused-ring (bicyclic) bond motifs is 1. The van der Waals surface area contributed by atoms with Gasteiger partial charge in [0, 0.05) is 25.2 Å². The van der Waals surface area contributed by atoms with E-state index in [0.29, 0.717) is 11.6 Å². The molecule has 0 aromatic heterocycles. The van der Waals surface area contributed by atoms with Crippen LogP contribution in [0.15, 0.2) is 48.5 Å². The highest BCUT2D eigenvalue weighted by molar-refractivity contribution is 5.79. The Balaban J connectivity index is 1.57. The molecule has 1 unspecified atom stereocenters. The number of benzene rings is 2. The molecule has 1 aliphatic heterocycles. The zero-order valence-corrected chi connectivity index (χ0v) is 16.1. The number of carbonyl (C=O) groups excluding carboxylic acids is 1. The Morgan fingerprint density at radius 2 is 1.93 bits per heavy atom. The number of non-ortho nitro benzene ring substituents is 1. The smallest absolute Gasteiger partial charge is 0.269 e. The lowest BCUT2D eigenvalue weighted by Crippen LogP contribution is -2.44. The van der Waals surface area contributed by atoms with Crippen molar-refractivity contribution >= 4 is 11.6 Å². The van der Waals surface area contributed by atoms with Gasteiger partial charge in [-0.05, 0) is 49.0 Å². The molecular weight excluding hydrogens is 354 g/mol. The maximum atomic E-state index is 13.1. The number of rotatable bonds is 5. The topological polar surface area (TPSA) is 66.7 Å². The summed E-state index contributed by atoms with van der Waals surface area (Å²) in [4.78, 5) is 28.1. The Kier molecular flexibility index (Phi) is 5.13. The normalized spacial score (nSPS) is 21.5. The first kappa shape index (κ1) is 18.6. The summed E-state index contributed by atoms with van der Waals surface area (Å²) in [7, 11) is 1.87. The summed E-state index contributed by atoms with van der Waals surface area (Å²) in [5.74, 6) is -0.00796. The number of amides is 1. The van der Waals surface area contributed by atoms with Gasteiger partial charge in [-0.25, -0.2) is 0 Å². The molecule has 6 nitrogen and oxygen atoms in total. The maximum Gasteiger partial charge on any atom is 0.269 e. The van der Waals surface area contributed by atoms with Crippen LogP contribution in [-0.2, 0) is 17.6 Å². The fraction of sp³-hybridized carbons (Fsp3) is 0.409. The van der Waals surface area contributed by atoms with Gasteiger partial charge in [0.2, 0.25) is 5.91 Å². The van der Waals surface area contributed by atoms with Crippen molar-refractivity contribution in [2.24, 2.45) is 0 Å². The molecule has 1 saturated heterocycles. The van der Waals surface area contributed by atoms with Crippen LogP contribution in [0.2, 0.25) is 0 Å². The van der Waals surface area contributed by atoms with E-state index in [9.17, 15) is 14.9 Å². The number of hydrogen-bond donors (Lipinski definition) is 0. The predicted octanol–water partition coefficient (Wildman–Crippen LogP) is 3.36. The second-order valence-corrected chi connectivity index (χ2v) is 7.77. The van der Waals surface area contributed by atoms with Crippen molar-refractivity contribution in [1.82, 2.24) is 9.80 Å². The summed E-state index contributed by atoms with van der Waals surface area (Å²) in [5, 5.41) is 11.0. The molecule has 4 rings (SSSR count). The molecule has 2 aliphatic rings. The Morgan fingerprint density at radius 3 is 2.68 bits per heavy atom. The van der Waals surface area contributed by atoms with E-state index in [1.165, 1.54) is 36.1 Å². The Labute approximate surface area is 164 Å². The van der Waals surface area contributed by atoms with Gasteiger partial charge >= 0.3 is 0 Å². The molecule has 0 N–H and O–H groups in total. The number of nitro benzene ring substituents is 1. The molecule has 2 aromatic carbocycles. The molecule has 2 aromatic rings. The van der Waals surface area contributed by atoms with Gasteiger partial charge in [-0.15, -0.1) is 0 Å². The molecule has 1 amide bonds. The lowest BCUT2D eigenvalue weighted by molar-refractivity contribution is -0.384. The Morgan fingerprint density at radius 1 is 1.18 bits per heavy atom. The van der Waals surface area contributed by atoms with E-state index in [4.69, 9.17) is 0 Å². The van der Waals surface area contributed by atoms with Gasteiger partial charge < -0.3 is 4.90 Å². The van der Waals surface area contributed by atoms with Crippen LogP contribution in [-0.4, -0.2) is 46.8 Å². The van der Waals surface area contributed by atoms with Crippen molar-refractivity contribution in [1.29, 1.82) is 0 Å². The third-order valence-corrected chi connectivity index (χ3v) is 6.06. The second-order valence-electron chi connectivity index (χ2n) is 7.77. The Bertz CT molecular complexity index is 892. The van der Waals surface area contributed by atoms with Crippen molar-refractivity contribution in [3.05, 3.63) is 75.3 Å². The van der Waals surface area contributed by atoms with E-state index in [-0.39, 0.29) is 24.1 Å². The third kappa shape index (κ3) is 3.52. The minimum Gasteiger partial charge on any atom is -0.337 e. The van der Waals surface area contributed by atoms with Gasteiger partial charge in [0.15, 0.2) is 0 Å². The highest BCUT2D eigenvalue weighted by atomic mass is 16.6. The van der Waals surface area contributed by atoms with E-state index in [0.717, 1.165) is 19.5 Å². The standard InChI is InChI=1S/C22H25N3O3/c1-23(21(26)14-16-7-6-9-18(13-16)25(27)28)22-19-10-3-2-8-17(19)15-20(22)24-11-4-5-12-24/h2-3,6-10,13,20,22H,4-5,11-12,14-15H2,1H3/t20-,22?/m0/s1. The minimum atomic E-state index is -0.422. The maximum absolute atomic E-state index is 13.1. The molecule has 0 saturated carbocycles. The summed E-state index contributed by atoms with van der Waals surface area (Å²) in [5.41, 5.74) is 3.25. The van der Waals surface area contributed by atoms with Crippen molar-refractivity contribution in [3.63, 3.8) is 0 Å². The van der Waals surface area contributed by atoms with Gasteiger partial charge in [-0.2, -0.15) is 0 Å². The first-order chi connectivity index (χ1) is 13.5. The van der Waals surface area contributed by atoms with Crippen LogP contribution in [0.25, 0.3) is 0 Å². The SMILES string of the molecule is CN(C(=O)Cc1cccc([N+](=O)[O-])c1)C1c2ccccc2C[C@@H]1N1CCCC1. The summed E-state index contributed by atoms with van der Waals surface area (Å²) < 4.78 is 0. The average molecular weight is 379 g/mol. The van der Waals surface area contributed by atoms with E-state index in [1.54, 1.807) is 12.1 Å². The van der Waals surface area contributed by atoms with E-state index >= 15 is 0 Å². The van der Waals surface area contributed by atoms with Crippen LogP contribution < -0.4 is 0 Å². The monoisotopic (exact) mass is 379 g/mol. The molecule has 2 atom stereocenters. The Hall–Kier alpha value is -2.73. The number of likely N-dealkylation sites (N-methyl/N-ethyl adjacent to an activating group) is 1. The fourth-order valence-corrected chi connectivity index (χ4v) is 4.66. The van der Waals surface area contributed by atoms with Gasteiger partial charge in [0.25, 0.3) is 5.69 Å². The number of carbonyl (C=O) groups is 1. The van der Waals surface area contributed by atoms with Crippen LogP contribution in [0.5, 0.6) is 0 Å². The van der Waals surface area contributed by atoms with Gasteiger partial charge in [-0.1, -0.05) is 36.4 Å². The second kappa shape index (κ2) is 7.72. The fourth-order valence-electron chi connectivity index (χ4n) is 4.66. The molecule has 1 heterocycles. The zero-order chi connectivity index (χ0) is 19.7. The van der Waals surface area contributed by atoms with Gasteiger partial charge in [-0.3, -0.25) is 19.8 Å². The average Bonchev–Trinajstić information content (AvgIpc) is 3.35. The summed E-state index contributed by atoms with van der Waals surface area (Å²) in [6.07, 6.45) is 3.56. The van der Waals surface area contributed by atoms with Crippen molar-refractivity contribution in [2.45, 2.75) is 37.8 Å². The lowest BCUT2D eigenvalue weighted by Gasteiger charge is -2.35. The highest BCUT2D eigenvalue weighted by Gasteiger charge is 2.40. The predicted molar refractivity (Wildman–Crippen MR) is 107 cm³/mol. The molecule has 1 aliphatic carbocycles. The van der Waals surface area contributed by atoms with Crippen molar-refractivity contribution in [2.75, 3.05) is 20.1 Å². The van der Waals surface area contributed by atoms with E-state index in [1.807, 2.05) is 18.0 Å². The largest absolute Gasteiger partial charge is 0.337 e. The molecule has 146 valence electrons. The first-order valence-electron chi connectivity index (χ1n) is 9.85. The summed E-state index contributed by atoms with van der Waals surface area (Å²) in [6.45, 7) is 2.17.